The monoisotopic (exact) mass is 298 g/mol. The fourth-order valence-corrected chi connectivity index (χ4v) is 2.20. The van der Waals surface area contributed by atoms with Gasteiger partial charge in [-0.3, -0.25) is 13.9 Å². The summed E-state index contributed by atoms with van der Waals surface area (Å²) in [6.07, 6.45) is 0. The van der Waals surface area contributed by atoms with Gasteiger partial charge in [-0.25, -0.2) is 4.79 Å². The first-order valence-corrected chi connectivity index (χ1v) is 6.94. The third-order valence-electron chi connectivity index (χ3n) is 3.59. The van der Waals surface area contributed by atoms with Gasteiger partial charge in [0.15, 0.2) is 5.56 Å². The van der Waals surface area contributed by atoms with Gasteiger partial charge in [-0.1, -0.05) is 26.0 Å². The molecule has 1 N–H and O–H groups in total. The second kappa shape index (κ2) is 5.90. The minimum absolute atomic E-state index is 0.0837. The second-order valence-corrected chi connectivity index (χ2v) is 5.45. The maximum absolute atomic E-state index is 12.0. The van der Waals surface area contributed by atoms with Gasteiger partial charge in [0.1, 0.15) is 11.9 Å². The van der Waals surface area contributed by atoms with E-state index in [-0.39, 0.29) is 11.4 Å². The lowest BCUT2D eigenvalue weighted by Gasteiger charge is -2.15. The number of anilines is 2. The lowest BCUT2D eigenvalue weighted by molar-refractivity contribution is 0.689. The van der Waals surface area contributed by atoms with Gasteiger partial charge in [-0.15, -0.1) is 0 Å². The van der Waals surface area contributed by atoms with Crippen LogP contribution in [0.15, 0.2) is 33.9 Å². The Hall–Kier alpha value is -2.81. The molecule has 0 saturated heterocycles. The summed E-state index contributed by atoms with van der Waals surface area (Å²) in [4.78, 5) is 24.1. The molecule has 6 nitrogen and oxygen atoms in total. The molecule has 0 fully saturated rings. The minimum Gasteiger partial charge on any atom is -0.340 e. The average molecular weight is 298 g/mol. The van der Waals surface area contributed by atoms with Crippen molar-refractivity contribution in [3.8, 4) is 6.07 Å². The Balaban J connectivity index is 2.60. The summed E-state index contributed by atoms with van der Waals surface area (Å²) in [7, 11) is 2.88. The van der Waals surface area contributed by atoms with Crippen LogP contribution in [0.2, 0.25) is 0 Å². The van der Waals surface area contributed by atoms with Gasteiger partial charge in [0, 0.05) is 19.8 Å². The first-order valence-electron chi connectivity index (χ1n) is 6.94. The lowest BCUT2D eigenvalue weighted by atomic mass is 10.0. The predicted molar refractivity (Wildman–Crippen MR) is 85.5 cm³/mol. The van der Waals surface area contributed by atoms with Gasteiger partial charge in [0.2, 0.25) is 0 Å². The molecule has 0 radical (unpaired) electrons. The lowest BCUT2D eigenvalue weighted by Crippen LogP contribution is -2.39. The van der Waals surface area contributed by atoms with E-state index in [2.05, 4.69) is 19.2 Å². The molecule has 1 aromatic heterocycles. The van der Waals surface area contributed by atoms with Crippen LogP contribution in [0.3, 0.4) is 0 Å². The van der Waals surface area contributed by atoms with Crippen LogP contribution >= 0.6 is 0 Å². The molecule has 0 aliphatic carbocycles. The topological polar surface area (TPSA) is 79.8 Å². The van der Waals surface area contributed by atoms with Crippen LogP contribution in [0.1, 0.15) is 30.9 Å². The Labute approximate surface area is 128 Å². The molecule has 0 saturated carbocycles. The highest BCUT2D eigenvalue weighted by Gasteiger charge is 2.15. The number of aromatic nitrogens is 2. The van der Waals surface area contributed by atoms with Crippen molar-refractivity contribution in [3.05, 3.63) is 56.2 Å². The van der Waals surface area contributed by atoms with E-state index in [1.54, 1.807) is 0 Å². The fourth-order valence-electron chi connectivity index (χ4n) is 2.20. The summed E-state index contributed by atoms with van der Waals surface area (Å²) < 4.78 is 2.19. The number of nitrogens with zero attached hydrogens (tertiary/aromatic N) is 3. The smallest absolute Gasteiger partial charge is 0.332 e. The zero-order valence-corrected chi connectivity index (χ0v) is 13.0. The van der Waals surface area contributed by atoms with Gasteiger partial charge >= 0.3 is 5.69 Å². The van der Waals surface area contributed by atoms with Crippen molar-refractivity contribution in [1.29, 1.82) is 5.26 Å². The second-order valence-electron chi connectivity index (χ2n) is 5.45. The highest BCUT2D eigenvalue weighted by molar-refractivity contribution is 5.63. The van der Waals surface area contributed by atoms with Crippen molar-refractivity contribution in [2.75, 3.05) is 5.32 Å². The van der Waals surface area contributed by atoms with Crippen LogP contribution in [0.25, 0.3) is 0 Å². The van der Waals surface area contributed by atoms with Crippen LogP contribution in [-0.2, 0) is 14.1 Å². The van der Waals surface area contributed by atoms with E-state index in [1.165, 1.54) is 18.7 Å². The standard InChI is InChI=1S/C16H18N4O2/c1-10(2)11-6-5-7-12(8-11)18-14-13(9-17)15(21)20(4)16(22)19(14)3/h5-8,10,18H,1-4H3. The number of nitriles is 1. The first-order chi connectivity index (χ1) is 10.4. The molecular weight excluding hydrogens is 280 g/mol. The molecular formula is C16H18N4O2. The molecule has 0 bridgehead atoms. The zero-order valence-electron chi connectivity index (χ0n) is 13.0. The highest BCUT2D eigenvalue weighted by Crippen LogP contribution is 2.22. The molecule has 22 heavy (non-hydrogen) atoms. The summed E-state index contributed by atoms with van der Waals surface area (Å²) in [5.74, 6) is 0.557. The fraction of sp³-hybridized carbons (Fsp3) is 0.312. The van der Waals surface area contributed by atoms with E-state index >= 15 is 0 Å². The first kappa shape index (κ1) is 15.6. The van der Waals surface area contributed by atoms with E-state index in [4.69, 9.17) is 0 Å². The highest BCUT2D eigenvalue weighted by atomic mass is 16.2. The Morgan fingerprint density at radius 2 is 1.86 bits per heavy atom. The average Bonchev–Trinajstić information content (AvgIpc) is 2.51. The molecule has 1 aromatic carbocycles. The van der Waals surface area contributed by atoms with E-state index < -0.39 is 11.2 Å². The van der Waals surface area contributed by atoms with Crippen LogP contribution in [0.4, 0.5) is 11.5 Å². The van der Waals surface area contributed by atoms with Crippen LogP contribution in [-0.4, -0.2) is 9.13 Å². The molecule has 0 spiro atoms. The van der Waals surface area contributed by atoms with E-state index in [9.17, 15) is 14.9 Å². The van der Waals surface area contributed by atoms with Crippen LogP contribution in [0.5, 0.6) is 0 Å². The zero-order chi connectivity index (χ0) is 16.4. The summed E-state index contributed by atoms with van der Waals surface area (Å²) in [6, 6.07) is 9.54. The maximum Gasteiger partial charge on any atom is 0.332 e. The summed E-state index contributed by atoms with van der Waals surface area (Å²) >= 11 is 0. The summed E-state index contributed by atoms with van der Waals surface area (Å²) in [6.45, 7) is 4.15. The molecule has 0 aliphatic heterocycles. The van der Waals surface area contributed by atoms with Crippen molar-refractivity contribution in [3.63, 3.8) is 0 Å². The minimum atomic E-state index is -0.604. The van der Waals surface area contributed by atoms with Gasteiger partial charge < -0.3 is 5.32 Å². The van der Waals surface area contributed by atoms with Crippen molar-refractivity contribution in [2.45, 2.75) is 19.8 Å². The molecule has 0 aliphatic rings. The van der Waals surface area contributed by atoms with E-state index in [0.29, 0.717) is 5.92 Å². The Bertz CT molecular complexity index is 869. The van der Waals surface area contributed by atoms with E-state index in [1.807, 2.05) is 30.3 Å². The van der Waals surface area contributed by atoms with Gasteiger partial charge in [-0.05, 0) is 23.6 Å². The third kappa shape index (κ3) is 2.66. The summed E-state index contributed by atoms with van der Waals surface area (Å²) in [5.41, 5.74) is 0.683. The van der Waals surface area contributed by atoms with Crippen molar-refractivity contribution in [1.82, 2.24) is 9.13 Å². The predicted octanol–water partition coefficient (Wildman–Crippen LogP) is 1.82. The third-order valence-corrected chi connectivity index (χ3v) is 3.59. The molecule has 1 heterocycles. The normalized spacial score (nSPS) is 10.5. The van der Waals surface area contributed by atoms with Gasteiger partial charge in [0.05, 0.1) is 0 Å². The Morgan fingerprint density at radius 3 is 2.45 bits per heavy atom. The Kier molecular flexibility index (Phi) is 4.18. The summed E-state index contributed by atoms with van der Waals surface area (Å²) in [5, 5.41) is 12.3. The molecule has 0 unspecified atom stereocenters. The SMILES string of the molecule is CC(C)c1cccc(Nc2c(C#N)c(=O)n(C)c(=O)n2C)c1. The van der Waals surface area contributed by atoms with Crippen LogP contribution in [0, 0.1) is 11.3 Å². The van der Waals surface area contributed by atoms with Crippen molar-refractivity contribution < 1.29 is 0 Å². The van der Waals surface area contributed by atoms with Crippen LogP contribution < -0.4 is 16.6 Å². The largest absolute Gasteiger partial charge is 0.340 e. The molecule has 0 atom stereocenters. The number of benzene rings is 1. The molecule has 2 rings (SSSR count). The number of rotatable bonds is 3. The number of hydrogen-bond acceptors (Lipinski definition) is 4. The van der Waals surface area contributed by atoms with Gasteiger partial charge in [0.25, 0.3) is 5.56 Å². The van der Waals surface area contributed by atoms with Gasteiger partial charge in [-0.2, -0.15) is 5.26 Å². The molecule has 6 heteroatoms. The quantitative estimate of drug-likeness (QED) is 0.937. The number of hydrogen-bond donors (Lipinski definition) is 1. The number of nitrogens with one attached hydrogen (secondary N) is 1. The molecule has 2 aromatic rings. The molecule has 0 amide bonds. The van der Waals surface area contributed by atoms with E-state index in [0.717, 1.165) is 15.8 Å². The maximum atomic E-state index is 12.0. The Morgan fingerprint density at radius 1 is 1.18 bits per heavy atom. The van der Waals surface area contributed by atoms with Crippen molar-refractivity contribution >= 4 is 11.5 Å². The molecule has 114 valence electrons. The van der Waals surface area contributed by atoms with Crippen molar-refractivity contribution in [2.24, 2.45) is 14.1 Å².